The Morgan fingerprint density at radius 3 is 2.00 bits per heavy atom. The van der Waals surface area contributed by atoms with Crippen molar-refractivity contribution in [3.8, 4) is 0 Å². The third-order valence-electron chi connectivity index (χ3n) is 0.814. The SMILES string of the molecule is Fc1ccc([Te])cc1. The molecule has 0 fully saturated rings. The van der Waals surface area contributed by atoms with Crippen LogP contribution in [0.4, 0.5) is 4.39 Å². The topological polar surface area (TPSA) is 0 Å². The molecule has 1 rings (SSSR count). The van der Waals surface area contributed by atoms with Gasteiger partial charge in [0.2, 0.25) is 0 Å². The Morgan fingerprint density at radius 2 is 1.62 bits per heavy atom. The van der Waals surface area contributed by atoms with Gasteiger partial charge in [0.1, 0.15) is 0 Å². The summed E-state index contributed by atoms with van der Waals surface area (Å²) in [6, 6.07) is 6.41. The average Bonchev–Trinajstić information content (AvgIpc) is 1.77. The van der Waals surface area contributed by atoms with Gasteiger partial charge in [0.25, 0.3) is 0 Å². The van der Waals surface area contributed by atoms with E-state index in [1.165, 1.54) is 12.1 Å². The fourth-order valence-electron chi connectivity index (χ4n) is 0.435. The standard InChI is InChI=1S/C6H4FTe/c7-5-1-3-6(8)4-2-5/h1-4H. The number of halogens is 1. The van der Waals surface area contributed by atoms with Crippen LogP contribution in [0.3, 0.4) is 0 Å². The van der Waals surface area contributed by atoms with Gasteiger partial charge in [-0.2, -0.15) is 0 Å². The number of benzene rings is 1. The van der Waals surface area contributed by atoms with Gasteiger partial charge in [-0.25, -0.2) is 0 Å². The molecular formula is C6H4FTe. The summed E-state index contributed by atoms with van der Waals surface area (Å²) < 4.78 is 13.2. The molecule has 0 nitrogen and oxygen atoms in total. The van der Waals surface area contributed by atoms with E-state index in [4.69, 9.17) is 0 Å². The van der Waals surface area contributed by atoms with Crippen molar-refractivity contribution in [3.63, 3.8) is 0 Å². The molecule has 1 aromatic rings. The van der Waals surface area contributed by atoms with Gasteiger partial charge in [-0.1, -0.05) is 0 Å². The molecule has 0 aliphatic heterocycles. The summed E-state index contributed by atoms with van der Waals surface area (Å²) in [5.74, 6) is -0.169. The van der Waals surface area contributed by atoms with Crippen molar-refractivity contribution >= 4 is 25.9 Å². The van der Waals surface area contributed by atoms with Crippen LogP contribution in [0.25, 0.3) is 0 Å². The fourth-order valence-corrected chi connectivity index (χ4v) is 0.823. The number of rotatable bonds is 0. The summed E-state index contributed by atoms with van der Waals surface area (Å²) >= 11 is 1.86. The fraction of sp³-hybridized carbons (Fsp3) is 0. The van der Waals surface area contributed by atoms with Crippen molar-refractivity contribution in [3.05, 3.63) is 30.1 Å². The molecule has 0 unspecified atom stereocenters. The van der Waals surface area contributed by atoms with Gasteiger partial charge < -0.3 is 0 Å². The van der Waals surface area contributed by atoms with Gasteiger partial charge in [-0.15, -0.1) is 0 Å². The Balaban J connectivity index is 3.03. The summed E-state index contributed by atoms with van der Waals surface area (Å²) in [5, 5.41) is 0. The zero-order valence-corrected chi connectivity index (χ0v) is 6.43. The van der Waals surface area contributed by atoms with E-state index in [0.717, 1.165) is 3.61 Å². The molecule has 2 heteroatoms. The van der Waals surface area contributed by atoms with E-state index in [1.807, 2.05) is 22.3 Å². The third-order valence-corrected chi connectivity index (χ3v) is 1.59. The molecule has 0 aliphatic rings. The molecule has 1 aromatic carbocycles. The van der Waals surface area contributed by atoms with Crippen LogP contribution < -0.4 is 3.61 Å². The molecule has 0 aromatic heterocycles. The summed E-state index contributed by atoms with van der Waals surface area (Å²) in [7, 11) is 0. The van der Waals surface area contributed by atoms with Crippen molar-refractivity contribution in [2.24, 2.45) is 0 Å². The second-order valence-corrected chi connectivity index (χ2v) is 2.80. The molecule has 0 amide bonds. The van der Waals surface area contributed by atoms with E-state index >= 15 is 0 Å². The molecule has 0 spiro atoms. The van der Waals surface area contributed by atoms with Gasteiger partial charge >= 0.3 is 60.4 Å². The molecular weight excluding hydrogens is 219 g/mol. The van der Waals surface area contributed by atoms with Crippen molar-refractivity contribution in [2.75, 3.05) is 0 Å². The van der Waals surface area contributed by atoms with Crippen LogP contribution in [-0.2, 0) is 0 Å². The van der Waals surface area contributed by atoms with E-state index in [1.54, 1.807) is 12.1 Å². The number of hydrogen-bond acceptors (Lipinski definition) is 0. The molecule has 1 radical (unpaired) electrons. The van der Waals surface area contributed by atoms with Crippen molar-refractivity contribution in [2.45, 2.75) is 0 Å². The van der Waals surface area contributed by atoms with Crippen LogP contribution in [0.1, 0.15) is 0 Å². The average molecular weight is 223 g/mol. The molecule has 41 valence electrons. The molecule has 0 bridgehead atoms. The van der Waals surface area contributed by atoms with Crippen molar-refractivity contribution in [1.82, 2.24) is 0 Å². The van der Waals surface area contributed by atoms with Crippen LogP contribution in [0.2, 0.25) is 0 Å². The van der Waals surface area contributed by atoms with Crippen LogP contribution in [-0.4, -0.2) is 22.3 Å². The van der Waals surface area contributed by atoms with Crippen molar-refractivity contribution in [1.29, 1.82) is 0 Å². The van der Waals surface area contributed by atoms with Crippen LogP contribution >= 0.6 is 0 Å². The first kappa shape index (κ1) is 6.07. The maximum atomic E-state index is 12.1. The van der Waals surface area contributed by atoms with E-state index in [9.17, 15) is 4.39 Å². The van der Waals surface area contributed by atoms with E-state index in [0.29, 0.717) is 0 Å². The molecule has 8 heavy (non-hydrogen) atoms. The Labute approximate surface area is 60.6 Å². The Hall–Kier alpha value is -0.0604. The first-order chi connectivity index (χ1) is 3.79. The summed E-state index contributed by atoms with van der Waals surface area (Å²) in [6.45, 7) is 0. The van der Waals surface area contributed by atoms with Gasteiger partial charge in [0.15, 0.2) is 0 Å². The molecule has 0 atom stereocenters. The minimum absolute atomic E-state index is 0.169. The normalized spacial score (nSPS) is 9.12. The molecule has 0 saturated heterocycles. The second kappa shape index (κ2) is 2.48. The predicted octanol–water partition coefficient (Wildman–Crippen LogP) is 0.619. The molecule has 0 aliphatic carbocycles. The zero-order chi connectivity index (χ0) is 5.98. The Morgan fingerprint density at radius 1 is 1.12 bits per heavy atom. The molecule has 0 saturated carbocycles. The Kier molecular flexibility index (Phi) is 1.88. The van der Waals surface area contributed by atoms with E-state index in [2.05, 4.69) is 0 Å². The third kappa shape index (κ3) is 1.47. The summed E-state index contributed by atoms with van der Waals surface area (Å²) in [5.41, 5.74) is 0. The Bertz CT molecular complexity index is 147. The van der Waals surface area contributed by atoms with Crippen LogP contribution in [0.15, 0.2) is 24.3 Å². The first-order valence-electron chi connectivity index (χ1n) is 2.21. The van der Waals surface area contributed by atoms with Crippen LogP contribution in [0, 0.1) is 5.82 Å². The van der Waals surface area contributed by atoms with Crippen molar-refractivity contribution < 1.29 is 4.39 Å². The van der Waals surface area contributed by atoms with Gasteiger partial charge in [-0.3, -0.25) is 0 Å². The predicted molar refractivity (Wildman–Crippen MR) is 31.8 cm³/mol. The van der Waals surface area contributed by atoms with Crippen LogP contribution in [0.5, 0.6) is 0 Å². The van der Waals surface area contributed by atoms with Gasteiger partial charge in [0.05, 0.1) is 0 Å². The summed E-state index contributed by atoms with van der Waals surface area (Å²) in [6.07, 6.45) is 0. The molecule has 0 N–H and O–H groups in total. The molecule has 0 heterocycles. The monoisotopic (exact) mass is 225 g/mol. The summed E-state index contributed by atoms with van der Waals surface area (Å²) in [4.78, 5) is 0. The second-order valence-electron chi connectivity index (χ2n) is 1.45. The van der Waals surface area contributed by atoms with Gasteiger partial charge in [-0.05, 0) is 0 Å². The quantitative estimate of drug-likeness (QED) is 0.565. The minimum atomic E-state index is -0.169. The number of hydrogen-bond donors (Lipinski definition) is 0. The maximum absolute atomic E-state index is 12.1. The van der Waals surface area contributed by atoms with Gasteiger partial charge in [0, 0.05) is 0 Å². The van der Waals surface area contributed by atoms with E-state index < -0.39 is 0 Å². The van der Waals surface area contributed by atoms with E-state index in [-0.39, 0.29) is 5.82 Å². The zero-order valence-electron chi connectivity index (χ0n) is 4.10. The first-order valence-corrected chi connectivity index (χ1v) is 3.38.